The van der Waals surface area contributed by atoms with Crippen molar-refractivity contribution in [2.75, 3.05) is 47.1 Å². The van der Waals surface area contributed by atoms with Gasteiger partial charge in [0.15, 0.2) is 5.96 Å². The van der Waals surface area contributed by atoms with E-state index >= 15 is 0 Å². The van der Waals surface area contributed by atoms with Crippen molar-refractivity contribution in [2.45, 2.75) is 32.7 Å². The van der Waals surface area contributed by atoms with Crippen molar-refractivity contribution in [2.24, 2.45) is 10.9 Å². The topological polar surface area (TPSA) is 46.1 Å². The maximum Gasteiger partial charge on any atom is 0.193 e. The van der Waals surface area contributed by atoms with Gasteiger partial charge in [0, 0.05) is 46.3 Å². The van der Waals surface area contributed by atoms with E-state index in [4.69, 9.17) is 9.47 Å². The highest BCUT2D eigenvalue weighted by molar-refractivity contribution is 14.0. The van der Waals surface area contributed by atoms with Crippen LogP contribution < -0.4 is 5.32 Å². The fourth-order valence-corrected chi connectivity index (χ4v) is 2.95. The molecule has 0 bridgehead atoms. The van der Waals surface area contributed by atoms with Crippen molar-refractivity contribution in [3.63, 3.8) is 0 Å². The number of aliphatic imine (C=N–C) groups is 1. The zero-order valence-corrected chi connectivity index (χ0v) is 18.7. The lowest BCUT2D eigenvalue weighted by Crippen LogP contribution is -2.39. The molecule has 5 nitrogen and oxygen atoms in total. The first-order valence-electron chi connectivity index (χ1n) is 9.38. The molecule has 26 heavy (non-hydrogen) atoms. The summed E-state index contributed by atoms with van der Waals surface area (Å²) >= 11 is 0. The molecule has 0 aliphatic carbocycles. The monoisotopic (exact) mass is 475 g/mol. The van der Waals surface area contributed by atoms with Gasteiger partial charge >= 0.3 is 0 Å². The van der Waals surface area contributed by atoms with Gasteiger partial charge in [0.1, 0.15) is 0 Å². The first-order chi connectivity index (χ1) is 12.2. The van der Waals surface area contributed by atoms with Crippen molar-refractivity contribution in [1.82, 2.24) is 10.2 Å². The molecular weight excluding hydrogens is 441 g/mol. The van der Waals surface area contributed by atoms with Crippen LogP contribution in [0, 0.1) is 5.92 Å². The number of nitrogens with one attached hydrogen (secondary N) is 1. The maximum atomic E-state index is 5.74. The second kappa shape index (κ2) is 13.3. The molecule has 0 amide bonds. The zero-order valence-electron chi connectivity index (χ0n) is 16.4. The van der Waals surface area contributed by atoms with Gasteiger partial charge in [-0.25, -0.2) is 0 Å². The molecule has 1 saturated heterocycles. The summed E-state index contributed by atoms with van der Waals surface area (Å²) in [6, 6.07) is 8.80. The van der Waals surface area contributed by atoms with E-state index in [1.165, 1.54) is 11.1 Å². The number of benzene rings is 1. The van der Waals surface area contributed by atoms with Gasteiger partial charge in [-0.3, -0.25) is 4.99 Å². The minimum absolute atomic E-state index is 0. The molecule has 1 aliphatic heterocycles. The number of nitrogens with zero attached hydrogens (tertiary/aromatic N) is 2. The second-order valence-electron chi connectivity index (χ2n) is 6.66. The molecule has 1 N–H and O–H groups in total. The average molecular weight is 475 g/mol. The van der Waals surface area contributed by atoms with Gasteiger partial charge in [-0.2, -0.15) is 0 Å². The number of hydrogen-bond donors (Lipinski definition) is 1. The van der Waals surface area contributed by atoms with Gasteiger partial charge in [-0.15, -0.1) is 24.0 Å². The highest BCUT2D eigenvalue weighted by atomic mass is 127. The predicted molar refractivity (Wildman–Crippen MR) is 118 cm³/mol. The molecule has 0 radical (unpaired) electrons. The van der Waals surface area contributed by atoms with E-state index < -0.39 is 0 Å². The van der Waals surface area contributed by atoms with Crippen LogP contribution in [0.1, 0.15) is 30.9 Å². The summed E-state index contributed by atoms with van der Waals surface area (Å²) < 4.78 is 11.1. The Morgan fingerprint density at radius 3 is 2.65 bits per heavy atom. The predicted octanol–water partition coefficient (Wildman–Crippen LogP) is 3.32. The summed E-state index contributed by atoms with van der Waals surface area (Å²) in [6.07, 6.45) is 3.19. The molecule has 1 aliphatic rings. The molecule has 6 heteroatoms. The van der Waals surface area contributed by atoms with Crippen LogP contribution in [0.3, 0.4) is 0 Å². The molecule has 0 saturated carbocycles. The minimum atomic E-state index is 0. The molecule has 148 valence electrons. The van der Waals surface area contributed by atoms with Crippen molar-refractivity contribution >= 4 is 29.9 Å². The Labute approximate surface area is 175 Å². The Morgan fingerprint density at radius 2 is 2.04 bits per heavy atom. The lowest BCUT2D eigenvalue weighted by atomic mass is 10.1. The fourth-order valence-electron chi connectivity index (χ4n) is 2.95. The highest BCUT2D eigenvalue weighted by Gasteiger charge is 2.15. The van der Waals surface area contributed by atoms with Gasteiger partial charge in [0.05, 0.1) is 13.2 Å². The van der Waals surface area contributed by atoms with Crippen molar-refractivity contribution < 1.29 is 9.47 Å². The zero-order chi connectivity index (χ0) is 17.9. The quantitative estimate of drug-likeness (QED) is 0.258. The molecule has 1 fully saturated rings. The number of aryl methyl sites for hydroxylation is 1. The van der Waals surface area contributed by atoms with Crippen LogP contribution in [0.4, 0.5) is 0 Å². The Kier molecular flexibility index (Phi) is 11.9. The van der Waals surface area contributed by atoms with Crippen LogP contribution in [0.15, 0.2) is 29.3 Å². The molecule has 1 aromatic rings. The number of rotatable bonds is 9. The third-order valence-electron chi connectivity index (χ3n) is 4.55. The molecule has 1 unspecified atom stereocenters. The molecule has 2 rings (SSSR count). The Hall–Kier alpha value is -0.860. The Morgan fingerprint density at radius 1 is 1.31 bits per heavy atom. The summed E-state index contributed by atoms with van der Waals surface area (Å²) in [7, 11) is 3.90. The molecule has 1 atom stereocenters. The summed E-state index contributed by atoms with van der Waals surface area (Å²) in [5.74, 6) is 1.51. The van der Waals surface area contributed by atoms with E-state index in [1.807, 2.05) is 7.05 Å². The summed E-state index contributed by atoms with van der Waals surface area (Å²) in [5, 5.41) is 3.41. The van der Waals surface area contributed by atoms with Gasteiger partial charge in [0.2, 0.25) is 0 Å². The Balaban J connectivity index is 0.00000338. The second-order valence-corrected chi connectivity index (χ2v) is 6.66. The number of guanidine groups is 1. The summed E-state index contributed by atoms with van der Waals surface area (Å²) in [6.45, 7) is 7.24. The van der Waals surface area contributed by atoms with Crippen molar-refractivity contribution in [1.29, 1.82) is 0 Å². The highest BCUT2D eigenvalue weighted by Crippen LogP contribution is 2.12. The van der Waals surface area contributed by atoms with Gasteiger partial charge in [-0.05, 0) is 30.4 Å². The normalized spacial score (nSPS) is 17.0. The number of halogens is 1. The summed E-state index contributed by atoms with van der Waals surface area (Å²) in [5.41, 5.74) is 2.67. The smallest absolute Gasteiger partial charge is 0.193 e. The molecule has 0 aromatic heterocycles. The maximum absolute atomic E-state index is 5.74. The lowest BCUT2D eigenvalue weighted by Gasteiger charge is -2.22. The fraction of sp³-hybridized carbons (Fsp3) is 0.650. The van der Waals surface area contributed by atoms with Crippen LogP contribution >= 0.6 is 24.0 Å². The Bertz CT molecular complexity index is 516. The third kappa shape index (κ3) is 8.22. The van der Waals surface area contributed by atoms with Gasteiger partial charge in [-0.1, -0.05) is 31.2 Å². The van der Waals surface area contributed by atoms with E-state index in [1.54, 1.807) is 0 Å². The first kappa shape index (κ1) is 23.2. The van der Waals surface area contributed by atoms with Crippen LogP contribution in [-0.4, -0.2) is 57.9 Å². The first-order valence-corrected chi connectivity index (χ1v) is 9.38. The number of hydrogen-bond acceptors (Lipinski definition) is 3. The van der Waals surface area contributed by atoms with E-state index in [-0.39, 0.29) is 24.0 Å². The van der Waals surface area contributed by atoms with E-state index in [0.29, 0.717) is 5.92 Å². The molecule has 0 spiro atoms. The van der Waals surface area contributed by atoms with E-state index in [2.05, 4.69) is 53.4 Å². The minimum Gasteiger partial charge on any atom is -0.381 e. The van der Waals surface area contributed by atoms with Crippen molar-refractivity contribution in [3.05, 3.63) is 35.4 Å². The van der Waals surface area contributed by atoms with Gasteiger partial charge < -0.3 is 19.7 Å². The third-order valence-corrected chi connectivity index (χ3v) is 4.55. The lowest BCUT2D eigenvalue weighted by molar-refractivity contribution is 0.0887. The molecular formula is C20H34IN3O2. The van der Waals surface area contributed by atoms with E-state index in [0.717, 1.165) is 64.7 Å². The standard InChI is InChI=1S/C20H33N3O2.HI/c1-4-17-6-8-18(9-7-17)14-23(3)20(21-2)22-11-5-12-24-15-19-10-13-25-16-19;/h6-9,19H,4-5,10-16H2,1-3H3,(H,21,22);1H. The van der Waals surface area contributed by atoms with E-state index in [9.17, 15) is 0 Å². The van der Waals surface area contributed by atoms with Crippen LogP contribution in [0.5, 0.6) is 0 Å². The van der Waals surface area contributed by atoms with Crippen LogP contribution in [-0.2, 0) is 22.4 Å². The SMILES string of the molecule is CCc1ccc(CN(C)C(=NC)NCCCOCC2CCOC2)cc1.I. The molecule has 1 aromatic carbocycles. The average Bonchev–Trinajstić information content (AvgIpc) is 3.15. The molecule has 1 heterocycles. The van der Waals surface area contributed by atoms with Gasteiger partial charge in [0.25, 0.3) is 0 Å². The van der Waals surface area contributed by atoms with Crippen LogP contribution in [0.25, 0.3) is 0 Å². The van der Waals surface area contributed by atoms with Crippen molar-refractivity contribution in [3.8, 4) is 0 Å². The van der Waals surface area contributed by atoms with Crippen LogP contribution in [0.2, 0.25) is 0 Å². The summed E-state index contributed by atoms with van der Waals surface area (Å²) in [4.78, 5) is 6.52. The largest absolute Gasteiger partial charge is 0.381 e. The number of ether oxygens (including phenoxy) is 2.